The summed E-state index contributed by atoms with van der Waals surface area (Å²) in [5.74, 6) is -1.05. The number of hydrogen-bond donors (Lipinski definition) is 2. The highest BCUT2D eigenvalue weighted by Crippen LogP contribution is 2.19. The molecule has 0 aromatic heterocycles. The Balaban J connectivity index is 2.16. The minimum absolute atomic E-state index is 0.104. The number of urea groups is 1. The van der Waals surface area contributed by atoms with Gasteiger partial charge >= 0.3 is 12.0 Å². The van der Waals surface area contributed by atoms with E-state index in [1.54, 1.807) is 17.0 Å². The average molecular weight is 372 g/mol. The first-order chi connectivity index (χ1) is 9.08. The van der Waals surface area contributed by atoms with Crippen LogP contribution in [-0.2, 0) is 0 Å². The van der Waals surface area contributed by atoms with E-state index in [9.17, 15) is 9.59 Å². The molecular weight excluding hydrogens is 359 g/mol. The Hall–Kier alpha value is -1.57. The van der Waals surface area contributed by atoms with Gasteiger partial charge in [0.1, 0.15) is 0 Å². The number of carbonyl (C=O) groups is 2. The Labute approximate surface area is 124 Å². The molecule has 0 radical (unpaired) electrons. The molecule has 0 unspecified atom stereocenters. The van der Waals surface area contributed by atoms with Crippen LogP contribution in [0.3, 0.4) is 0 Å². The number of benzene rings is 1. The average Bonchev–Trinajstić information content (AvgIpc) is 2.41. The maximum absolute atomic E-state index is 12.0. The minimum Gasteiger partial charge on any atom is -0.478 e. The molecular formula is C13H13IN2O3. The number of amides is 2. The van der Waals surface area contributed by atoms with Crippen molar-refractivity contribution in [2.45, 2.75) is 6.42 Å². The van der Waals surface area contributed by atoms with Gasteiger partial charge in [-0.05, 0) is 47.2 Å². The van der Waals surface area contributed by atoms with Gasteiger partial charge in [-0.25, -0.2) is 9.59 Å². The van der Waals surface area contributed by atoms with Crippen LogP contribution in [0.5, 0.6) is 0 Å². The summed E-state index contributed by atoms with van der Waals surface area (Å²) in [6.07, 6.45) is 4.78. The molecule has 5 nitrogen and oxygen atoms in total. The smallest absolute Gasteiger partial charge is 0.337 e. The number of rotatable bonds is 2. The summed E-state index contributed by atoms with van der Waals surface area (Å²) in [7, 11) is 0. The predicted molar refractivity (Wildman–Crippen MR) is 80.5 cm³/mol. The van der Waals surface area contributed by atoms with Gasteiger partial charge in [-0.1, -0.05) is 12.2 Å². The Morgan fingerprint density at radius 2 is 2.11 bits per heavy atom. The fourth-order valence-electron chi connectivity index (χ4n) is 1.82. The molecule has 1 heterocycles. The van der Waals surface area contributed by atoms with Gasteiger partial charge in [0.2, 0.25) is 0 Å². The van der Waals surface area contributed by atoms with E-state index in [-0.39, 0.29) is 11.6 Å². The normalized spacial score (nSPS) is 14.3. The van der Waals surface area contributed by atoms with Crippen molar-refractivity contribution in [1.82, 2.24) is 4.90 Å². The van der Waals surface area contributed by atoms with Crippen molar-refractivity contribution >= 4 is 40.3 Å². The number of anilines is 1. The highest BCUT2D eigenvalue weighted by atomic mass is 127. The zero-order valence-corrected chi connectivity index (χ0v) is 12.3. The van der Waals surface area contributed by atoms with Crippen molar-refractivity contribution in [1.29, 1.82) is 0 Å². The quantitative estimate of drug-likeness (QED) is 0.620. The number of nitrogens with zero attached hydrogens (tertiary/aromatic N) is 1. The van der Waals surface area contributed by atoms with E-state index in [4.69, 9.17) is 5.11 Å². The summed E-state index contributed by atoms with van der Waals surface area (Å²) in [6.45, 7) is 1.20. The second kappa shape index (κ2) is 6.05. The number of hydrogen-bond acceptors (Lipinski definition) is 2. The number of halogens is 1. The number of carboxylic acid groups (broad SMARTS) is 1. The third-order valence-corrected chi connectivity index (χ3v) is 3.47. The zero-order chi connectivity index (χ0) is 13.8. The highest BCUT2D eigenvalue weighted by molar-refractivity contribution is 14.1. The molecule has 0 bridgehead atoms. The molecule has 1 aliphatic rings. The van der Waals surface area contributed by atoms with Gasteiger partial charge in [0.15, 0.2) is 0 Å². The SMILES string of the molecule is O=C(O)c1cc(I)ccc1NC(=O)N1CC=CCC1. The number of nitrogens with one attached hydrogen (secondary N) is 1. The van der Waals surface area contributed by atoms with Crippen LogP contribution >= 0.6 is 22.6 Å². The lowest BCUT2D eigenvalue weighted by Gasteiger charge is -2.24. The van der Waals surface area contributed by atoms with E-state index in [0.29, 0.717) is 18.8 Å². The Bertz CT molecular complexity index is 543. The third-order valence-electron chi connectivity index (χ3n) is 2.80. The van der Waals surface area contributed by atoms with E-state index in [2.05, 4.69) is 5.32 Å². The van der Waals surface area contributed by atoms with Crippen LogP contribution in [0.4, 0.5) is 10.5 Å². The van der Waals surface area contributed by atoms with Gasteiger partial charge in [0.25, 0.3) is 0 Å². The maximum atomic E-state index is 12.0. The van der Waals surface area contributed by atoms with Gasteiger partial charge in [0, 0.05) is 16.7 Å². The molecule has 2 N–H and O–H groups in total. The van der Waals surface area contributed by atoms with Crippen LogP contribution in [0.25, 0.3) is 0 Å². The fourth-order valence-corrected chi connectivity index (χ4v) is 2.31. The molecule has 0 atom stereocenters. The molecule has 0 aliphatic carbocycles. The molecule has 19 heavy (non-hydrogen) atoms. The van der Waals surface area contributed by atoms with Crippen LogP contribution in [0.1, 0.15) is 16.8 Å². The monoisotopic (exact) mass is 372 g/mol. The second-order valence-corrected chi connectivity index (χ2v) is 5.38. The molecule has 0 spiro atoms. The Kier molecular flexibility index (Phi) is 4.41. The number of carbonyl (C=O) groups excluding carboxylic acids is 1. The largest absolute Gasteiger partial charge is 0.478 e. The van der Waals surface area contributed by atoms with E-state index < -0.39 is 5.97 Å². The van der Waals surface area contributed by atoms with Crippen molar-refractivity contribution in [3.8, 4) is 0 Å². The number of aromatic carboxylic acids is 1. The summed E-state index contributed by atoms with van der Waals surface area (Å²) in [4.78, 5) is 24.8. The van der Waals surface area contributed by atoms with E-state index >= 15 is 0 Å². The van der Waals surface area contributed by atoms with Crippen molar-refractivity contribution in [3.05, 3.63) is 39.5 Å². The molecule has 0 saturated carbocycles. The maximum Gasteiger partial charge on any atom is 0.337 e. The zero-order valence-electron chi connectivity index (χ0n) is 10.1. The topological polar surface area (TPSA) is 69.6 Å². The molecule has 6 heteroatoms. The molecule has 2 rings (SSSR count). The van der Waals surface area contributed by atoms with Gasteiger partial charge in [-0.3, -0.25) is 0 Å². The minimum atomic E-state index is -1.05. The van der Waals surface area contributed by atoms with E-state index in [1.807, 2.05) is 34.7 Å². The molecule has 1 aromatic carbocycles. The van der Waals surface area contributed by atoms with Gasteiger partial charge in [-0.15, -0.1) is 0 Å². The molecule has 100 valence electrons. The standard InChI is InChI=1S/C13H13IN2O3/c14-9-4-5-11(10(8-9)12(17)18)15-13(19)16-6-2-1-3-7-16/h1-2,4-5,8H,3,6-7H2,(H,15,19)(H,17,18). The molecule has 0 fully saturated rings. The van der Waals surface area contributed by atoms with Crippen molar-refractivity contribution in [2.24, 2.45) is 0 Å². The van der Waals surface area contributed by atoms with Crippen LogP contribution in [0, 0.1) is 3.57 Å². The summed E-state index contributed by atoms with van der Waals surface area (Å²) >= 11 is 2.04. The molecule has 0 saturated heterocycles. The van der Waals surface area contributed by atoms with Crippen LogP contribution < -0.4 is 5.32 Å². The lowest BCUT2D eigenvalue weighted by atomic mass is 10.2. The van der Waals surface area contributed by atoms with Crippen molar-refractivity contribution in [2.75, 3.05) is 18.4 Å². The van der Waals surface area contributed by atoms with E-state index in [0.717, 1.165) is 9.99 Å². The Morgan fingerprint density at radius 1 is 1.32 bits per heavy atom. The first-order valence-corrected chi connectivity index (χ1v) is 6.89. The van der Waals surface area contributed by atoms with Gasteiger partial charge in [-0.2, -0.15) is 0 Å². The van der Waals surface area contributed by atoms with Crippen LogP contribution in [-0.4, -0.2) is 35.1 Å². The van der Waals surface area contributed by atoms with Crippen LogP contribution in [0.2, 0.25) is 0 Å². The summed E-state index contributed by atoms with van der Waals surface area (Å²) in [5.41, 5.74) is 0.431. The first kappa shape index (κ1) is 13.9. The van der Waals surface area contributed by atoms with E-state index in [1.165, 1.54) is 6.07 Å². The third kappa shape index (κ3) is 3.46. The lowest BCUT2D eigenvalue weighted by Crippen LogP contribution is -2.37. The van der Waals surface area contributed by atoms with Gasteiger partial charge in [0.05, 0.1) is 11.3 Å². The van der Waals surface area contributed by atoms with Gasteiger partial charge < -0.3 is 15.3 Å². The molecule has 2 amide bonds. The summed E-state index contributed by atoms with van der Waals surface area (Å²) in [5, 5.41) is 11.8. The number of carboxylic acids is 1. The summed E-state index contributed by atoms with van der Waals surface area (Å²) in [6, 6.07) is 4.64. The first-order valence-electron chi connectivity index (χ1n) is 5.81. The lowest BCUT2D eigenvalue weighted by molar-refractivity contribution is 0.0698. The molecule has 1 aliphatic heterocycles. The predicted octanol–water partition coefficient (Wildman–Crippen LogP) is 2.78. The fraction of sp³-hybridized carbons (Fsp3) is 0.231. The Morgan fingerprint density at radius 3 is 2.74 bits per heavy atom. The summed E-state index contributed by atoms with van der Waals surface area (Å²) < 4.78 is 0.814. The molecule has 1 aromatic rings. The van der Waals surface area contributed by atoms with Crippen molar-refractivity contribution < 1.29 is 14.7 Å². The van der Waals surface area contributed by atoms with Crippen molar-refractivity contribution in [3.63, 3.8) is 0 Å². The van der Waals surface area contributed by atoms with Crippen LogP contribution in [0.15, 0.2) is 30.4 Å². The highest BCUT2D eigenvalue weighted by Gasteiger charge is 2.17. The second-order valence-electron chi connectivity index (χ2n) is 4.13.